The van der Waals surface area contributed by atoms with E-state index in [1.54, 1.807) is 0 Å². The molecule has 2 heteroatoms. The predicted octanol–water partition coefficient (Wildman–Crippen LogP) is 1.24. The Balaban J connectivity index is 3.31. The Hall–Kier alpha value is 0.503. The molecule has 56 valence electrons. The zero-order chi connectivity index (χ0) is 7.28. The van der Waals surface area contributed by atoms with Crippen LogP contribution >= 0.6 is 0 Å². The van der Waals surface area contributed by atoms with E-state index in [1.165, 1.54) is 13.1 Å². The van der Waals surface area contributed by atoms with Crippen LogP contribution in [-0.4, -0.2) is 32.6 Å². The molecule has 0 saturated heterocycles. The van der Waals surface area contributed by atoms with Crippen LogP contribution in [0.1, 0.15) is 27.7 Å². The van der Waals surface area contributed by atoms with Crippen molar-refractivity contribution in [3.8, 4) is 0 Å². The molecule has 0 heterocycles. The molecule has 0 unspecified atom stereocenters. The van der Waals surface area contributed by atoms with Gasteiger partial charge in [-0.3, -0.25) is 0 Å². The van der Waals surface area contributed by atoms with Crippen LogP contribution < -0.4 is 0 Å². The second-order valence-electron chi connectivity index (χ2n) is 2.88. The number of nitrogens with zero attached hydrogens (tertiary/aromatic N) is 1. The first kappa shape index (κ1) is 9.50. The summed E-state index contributed by atoms with van der Waals surface area (Å²) in [5, 5.41) is 0. The molecule has 0 aliphatic carbocycles. The Kier molecular flexibility index (Phi) is 5.60. The number of hydrogen-bond donors (Lipinski definition) is 0. The van der Waals surface area contributed by atoms with Crippen LogP contribution in [0.5, 0.6) is 0 Å². The van der Waals surface area contributed by atoms with Crippen LogP contribution in [-0.2, 0) is 0 Å². The van der Waals surface area contributed by atoms with Gasteiger partial charge in [-0.05, 0) is 0 Å². The van der Waals surface area contributed by atoms with Gasteiger partial charge in [0.1, 0.15) is 0 Å². The van der Waals surface area contributed by atoms with E-state index in [0.717, 1.165) is 4.75 Å². The van der Waals surface area contributed by atoms with Crippen molar-refractivity contribution in [3.05, 3.63) is 0 Å². The minimum atomic E-state index is -0.309. The summed E-state index contributed by atoms with van der Waals surface area (Å²) in [6.07, 6.45) is 0. The van der Waals surface area contributed by atoms with E-state index in [4.69, 9.17) is 0 Å². The van der Waals surface area contributed by atoms with Gasteiger partial charge in [0, 0.05) is 0 Å². The molecule has 0 bridgehead atoms. The fourth-order valence-corrected chi connectivity index (χ4v) is 4.25. The SMILES string of the molecule is CC[N](CC)[GeH2][CH](C)C. The van der Waals surface area contributed by atoms with Gasteiger partial charge in [-0.25, -0.2) is 0 Å². The van der Waals surface area contributed by atoms with Gasteiger partial charge in [-0.2, -0.15) is 0 Å². The molecule has 0 radical (unpaired) electrons. The van der Waals surface area contributed by atoms with Crippen molar-refractivity contribution in [2.24, 2.45) is 0 Å². The summed E-state index contributed by atoms with van der Waals surface area (Å²) in [6, 6.07) is 0. The second-order valence-corrected chi connectivity index (χ2v) is 8.95. The van der Waals surface area contributed by atoms with Crippen molar-refractivity contribution in [1.82, 2.24) is 3.86 Å². The molecule has 0 aliphatic heterocycles. The van der Waals surface area contributed by atoms with Gasteiger partial charge in [0.25, 0.3) is 0 Å². The number of hydrogen-bond acceptors (Lipinski definition) is 1. The summed E-state index contributed by atoms with van der Waals surface area (Å²) >= 11 is -0.309. The minimum absolute atomic E-state index is 0.309. The Morgan fingerprint density at radius 2 is 1.67 bits per heavy atom. The fraction of sp³-hybridized carbons (Fsp3) is 1.00. The number of rotatable bonds is 4. The normalized spacial score (nSPS) is 12.7. The molecule has 0 aromatic heterocycles. The monoisotopic (exact) mass is 191 g/mol. The predicted molar refractivity (Wildman–Crippen MR) is 46.6 cm³/mol. The third-order valence-electron chi connectivity index (χ3n) is 1.52. The summed E-state index contributed by atoms with van der Waals surface area (Å²) in [6.45, 7) is 11.8. The van der Waals surface area contributed by atoms with Gasteiger partial charge in [-0.1, -0.05) is 0 Å². The van der Waals surface area contributed by atoms with Crippen molar-refractivity contribution in [2.75, 3.05) is 13.1 Å². The molecular weight excluding hydrogens is 171 g/mol. The summed E-state index contributed by atoms with van der Waals surface area (Å²) < 4.78 is 3.63. The molecule has 0 aliphatic rings. The Labute approximate surface area is 65.5 Å². The van der Waals surface area contributed by atoms with E-state index in [2.05, 4.69) is 31.6 Å². The van der Waals surface area contributed by atoms with Gasteiger partial charge in [0.15, 0.2) is 0 Å². The first-order valence-electron chi connectivity index (χ1n) is 3.93. The van der Waals surface area contributed by atoms with E-state index in [9.17, 15) is 0 Å². The van der Waals surface area contributed by atoms with E-state index < -0.39 is 0 Å². The van der Waals surface area contributed by atoms with Gasteiger partial charge in [0.05, 0.1) is 0 Å². The topological polar surface area (TPSA) is 3.24 Å². The first-order chi connectivity index (χ1) is 4.20. The van der Waals surface area contributed by atoms with Crippen molar-refractivity contribution in [1.29, 1.82) is 0 Å². The van der Waals surface area contributed by atoms with Gasteiger partial charge >= 0.3 is 65.0 Å². The third-order valence-corrected chi connectivity index (χ3v) is 6.01. The molecule has 1 nitrogen and oxygen atoms in total. The molecule has 0 rings (SSSR count). The second kappa shape index (κ2) is 5.30. The molecular formula is C7H19GeN. The zero-order valence-electron chi connectivity index (χ0n) is 7.15. The Morgan fingerprint density at radius 1 is 1.22 bits per heavy atom. The zero-order valence-corrected chi connectivity index (χ0v) is 10.1. The Bertz CT molecular complexity index is 59.9. The average molecular weight is 190 g/mol. The molecule has 0 saturated carbocycles. The standard InChI is InChI=1S/C7H19GeN/c1-5-9(6-2)8-7(3)4/h7H,5-6,8H2,1-4H3. The molecule has 0 spiro atoms. The van der Waals surface area contributed by atoms with Crippen LogP contribution in [0.25, 0.3) is 0 Å². The summed E-state index contributed by atoms with van der Waals surface area (Å²) in [4.78, 5) is 0. The third kappa shape index (κ3) is 4.97. The van der Waals surface area contributed by atoms with Gasteiger partial charge < -0.3 is 0 Å². The summed E-state index contributed by atoms with van der Waals surface area (Å²) in [5.74, 6) is 0. The molecule has 0 N–H and O–H groups in total. The fourth-order valence-electron chi connectivity index (χ4n) is 0.998. The molecule has 9 heavy (non-hydrogen) atoms. The molecule has 0 amide bonds. The van der Waals surface area contributed by atoms with Crippen molar-refractivity contribution >= 4 is 15.7 Å². The molecule has 0 aromatic carbocycles. The van der Waals surface area contributed by atoms with E-state index in [-0.39, 0.29) is 15.7 Å². The summed E-state index contributed by atoms with van der Waals surface area (Å²) in [7, 11) is 0. The van der Waals surface area contributed by atoms with E-state index in [0.29, 0.717) is 0 Å². The molecule has 0 aromatic rings. The maximum absolute atomic E-state index is 2.64. The van der Waals surface area contributed by atoms with Crippen LogP contribution in [0.4, 0.5) is 0 Å². The summed E-state index contributed by atoms with van der Waals surface area (Å²) in [5.41, 5.74) is 0. The molecule has 0 atom stereocenters. The van der Waals surface area contributed by atoms with Gasteiger partial charge in [0.2, 0.25) is 0 Å². The first-order valence-corrected chi connectivity index (χ1v) is 6.97. The van der Waals surface area contributed by atoms with Crippen LogP contribution in [0.3, 0.4) is 0 Å². The quantitative estimate of drug-likeness (QED) is 0.602. The van der Waals surface area contributed by atoms with Crippen molar-refractivity contribution < 1.29 is 0 Å². The Morgan fingerprint density at radius 3 is 1.78 bits per heavy atom. The van der Waals surface area contributed by atoms with Gasteiger partial charge in [-0.15, -0.1) is 0 Å². The van der Waals surface area contributed by atoms with Crippen LogP contribution in [0.2, 0.25) is 4.75 Å². The average Bonchev–Trinajstić information content (AvgIpc) is 1.82. The van der Waals surface area contributed by atoms with E-state index in [1.807, 2.05) is 0 Å². The van der Waals surface area contributed by atoms with Crippen molar-refractivity contribution in [3.63, 3.8) is 0 Å². The van der Waals surface area contributed by atoms with Crippen LogP contribution in [0.15, 0.2) is 0 Å². The van der Waals surface area contributed by atoms with Crippen molar-refractivity contribution in [2.45, 2.75) is 32.4 Å². The molecule has 0 fully saturated rings. The maximum atomic E-state index is 2.64. The van der Waals surface area contributed by atoms with E-state index >= 15 is 0 Å². The van der Waals surface area contributed by atoms with Crippen LogP contribution in [0, 0.1) is 0 Å².